The third-order valence-electron chi connectivity index (χ3n) is 4.58. The third-order valence-corrected chi connectivity index (χ3v) is 5.47. The summed E-state index contributed by atoms with van der Waals surface area (Å²) in [4.78, 5) is 11.0. The van der Waals surface area contributed by atoms with E-state index in [1.54, 1.807) is 0 Å². The van der Waals surface area contributed by atoms with Crippen molar-refractivity contribution in [1.29, 1.82) is 0 Å². The fourth-order valence-corrected chi connectivity index (χ4v) is 4.19. The molecule has 4 nitrogen and oxygen atoms in total. The Labute approximate surface area is 138 Å². The zero-order chi connectivity index (χ0) is 14.0. The minimum atomic E-state index is 0. The molecule has 0 saturated carbocycles. The van der Waals surface area contributed by atoms with E-state index >= 15 is 0 Å². The van der Waals surface area contributed by atoms with Crippen LogP contribution in [0, 0.1) is 12.3 Å². The Morgan fingerprint density at radius 2 is 2.00 bits per heavy atom. The average molecular weight is 331 g/mol. The van der Waals surface area contributed by atoms with Crippen molar-refractivity contribution in [3.8, 4) is 0 Å². The van der Waals surface area contributed by atoms with Gasteiger partial charge in [-0.2, -0.15) is 0 Å². The molecule has 21 heavy (non-hydrogen) atoms. The van der Waals surface area contributed by atoms with Crippen molar-refractivity contribution in [3.05, 3.63) is 16.1 Å². The first-order chi connectivity index (χ1) is 9.63. The monoisotopic (exact) mass is 330 g/mol. The second kappa shape index (κ2) is 7.38. The maximum atomic E-state index is 4.35. The fourth-order valence-electron chi connectivity index (χ4n) is 3.35. The second-order valence-electron chi connectivity index (χ2n) is 6.64. The zero-order valence-electron chi connectivity index (χ0n) is 13.1. The Morgan fingerprint density at radius 1 is 1.29 bits per heavy atom. The summed E-state index contributed by atoms with van der Waals surface area (Å²) in [5, 5.41) is 4.68. The van der Waals surface area contributed by atoms with Crippen molar-refractivity contribution in [1.82, 2.24) is 20.1 Å². The highest BCUT2D eigenvalue weighted by molar-refractivity contribution is 7.11. The lowest BCUT2D eigenvalue weighted by molar-refractivity contribution is 0.0938. The molecule has 0 amide bonds. The van der Waals surface area contributed by atoms with Gasteiger partial charge in [0.2, 0.25) is 0 Å². The van der Waals surface area contributed by atoms with E-state index in [1.807, 2.05) is 17.5 Å². The molecule has 120 valence electrons. The lowest BCUT2D eigenvalue weighted by Gasteiger charge is -2.38. The van der Waals surface area contributed by atoms with E-state index in [0.717, 1.165) is 6.54 Å². The molecule has 0 radical (unpaired) electrons. The van der Waals surface area contributed by atoms with Crippen LogP contribution in [-0.2, 0) is 6.54 Å². The largest absolute Gasteiger partial charge is 0.316 e. The van der Waals surface area contributed by atoms with Crippen LogP contribution in [0.2, 0.25) is 0 Å². The highest BCUT2D eigenvalue weighted by Gasteiger charge is 2.31. The summed E-state index contributed by atoms with van der Waals surface area (Å²) in [6, 6.07) is 0. The summed E-state index contributed by atoms with van der Waals surface area (Å²) in [6.45, 7) is 14.1. The molecule has 1 aromatic heterocycles. The van der Waals surface area contributed by atoms with Crippen LogP contribution in [-0.4, -0.2) is 60.6 Å². The van der Waals surface area contributed by atoms with Crippen LogP contribution in [0.3, 0.4) is 0 Å². The van der Waals surface area contributed by atoms with E-state index in [1.165, 1.54) is 62.1 Å². The van der Waals surface area contributed by atoms with Gasteiger partial charge < -0.3 is 10.2 Å². The van der Waals surface area contributed by atoms with Gasteiger partial charge in [0.1, 0.15) is 0 Å². The molecule has 2 aliphatic rings. The van der Waals surface area contributed by atoms with Crippen LogP contribution in [0.1, 0.15) is 23.2 Å². The topological polar surface area (TPSA) is 31.4 Å². The number of hydrogen-bond donors (Lipinski definition) is 1. The van der Waals surface area contributed by atoms with Gasteiger partial charge in [-0.05, 0) is 25.3 Å². The van der Waals surface area contributed by atoms with Crippen LogP contribution in [0.5, 0.6) is 0 Å². The minimum absolute atomic E-state index is 0. The number of nitrogens with one attached hydrogen (secondary N) is 1. The summed E-state index contributed by atoms with van der Waals surface area (Å²) in [5.74, 6) is 0. The Balaban J connectivity index is 0.00000161. The Bertz CT molecular complexity index is 437. The molecule has 0 bridgehead atoms. The first kappa shape index (κ1) is 17.2. The average Bonchev–Trinajstić information content (AvgIpc) is 3.01. The molecule has 1 aromatic rings. The van der Waals surface area contributed by atoms with Crippen molar-refractivity contribution in [2.24, 2.45) is 5.41 Å². The molecule has 1 N–H and O–H groups in total. The number of aromatic nitrogens is 1. The van der Waals surface area contributed by atoms with E-state index in [9.17, 15) is 0 Å². The van der Waals surface area contributed by atoms with Gasteiger partial charge in [-0.3, -0.25) is 4.90 Å². The van der Waals surface area contributed by atoms with E-state index in [2.05, 4.69) is 33.9 Å². The highest BCUT2D eigenvalue weighted by atomic mass is 35.5. The number of aryl methyl sites for hydroxylation is 1. The van der Waals surface area contributed by atoms with Crippen molar-refractivity contribution in [3.63, 3.8) is 0 Å². The van der Waals surface area contributed by atoms with Crippen LogP contribution >= 0.6 is 23.7 Å². The maximum absolute atomic E-state index is 4.35. The fraction of sp³-hybridized carbons (Fsp3) is 0.800. The molecule has 1 atom stereocenters. The van der Waals surface area contributed by atoms with Crippen molar-refractivity contribution < 1.29 is 0 Å². The van der Waals surface area contributed by atoms with Crippen LogP contribution in [0.25, 0.3) is 0 Å². The molecular formula is C15H27ClN4S. The van der Waals surface area contributed by atoms with Crippen LogP contribution in [0.15, 0.2) is 6.20 Å². The summed E-state index contributed by atoms with van der Waals surface area (Å²) >= 11 is 1.83. The van der Waals surface area contributed by atoms with Gasteiger partial charge >= 0.3 is 0 Å². The number of hydrogen-bond acceptors (Lipinski definition) is 5. The second-order valence-corrected chi connectivity index (χ2v) is 7.95. The van der Waals surface area contributed by atoms with Crippen molar-refractivity contribution >= 4 is 23.7 Å². The van der Waals surface area contributed by atoms with E-state index in [4.69, 9.17) is 0 Å². The summed E-state index contributed by atoms with van der Waals surface area (Å²) in [7, 11) is 0. The predicted octanol–water partition coefficient (Wildman–Crippen LogP) is 1.99. The molecule has 1 unspecified atom stereocenters. The van der Waals surface area contributed by atoms with Gasteiger partial charge in [0.05, 0.1) is 5.01 Å². The van der Waals surface area contributed by atoms with Gasteiger partial charge in [-0.1, -0.05) is 6.92 Å². The molecule has 3 heterocycles. The number of nitrogens with zero attached hydrogens (tertiary/aromatic N) is 3. The van der Waals surface area contributed by atoms with E-state index < -0.39 is 0 Å². The third kappa shape index (κ3) is 4.63. The van der Waals surface area contributed by atoms with Gasteiger partial charge in [0, 0.05) is 56.9 Å². The van der Waals surface area contributed by atoms with E-state index in [0.29, 0.717) is 5.41 Å². The van der Waals surface area contributed by atoms with Crippen LogP contribution in [0.4, 0.5) is 0 Å². The number of halogens is 1. The van der Waals surface area contributed by atoms with Crippen LogP contribution < -0.4 is 5.32 Å². The van der Waals surface area contributed by atoms with E-state index in [-0.39, 0.29) is 12.4 Å². The van der Waals surface area contributed by atoms with Gasteiger partial charge in [0.15, 0.2) is 0 Å². The zero-order valence-corrected chi connectivity index (χ0v) is 14.7. The van der Waals surface area contributed by atoms with Gasteiger partial charge in [-0.25, -0.2) is 4.98 Å². The molecule has 0 aliphatic carbocycles. The smallest absolute Gasteiger partial charge is 0.0897 e. The van der Waals surface area contributed by atoms with Gasteiger partial charge in [-0.15, -0.1) is 23.7 Å². The first-order valence-corrected chi connectivity index (χ1v) is 8.51. The van der Waals surface area contributed by atoms with Gasteiger partial charge in [0.25, 0.3) is 0 Å². The molecule has 0 spiro atoms. The first-order valence-electron chi connectivity index (χ1n) is 7.70. The predicted molar refractivity (Wildman–Crippen MR) is 91.4 cm³/mol. The molecule has 2 aliphatic heterocycles. The summed E-state index contributed by atoms with van der Waals surface area (Å²) in [5.41, 5.74) is 0.497. The Morgan fingerprint density at radius 3 is 2.57 bits per heavy atom. The molecule has 2 fully saturated rings. The van der Waals surface area contributed by atoms with Crippen molar-refractivity contribution in [2.75, 3.05) is 45.8 Å². The highest BCUT2D eigenvalue weighted by Crippen LogP contribution is 2.26. The Hall–Kier alpha value is -0.200. The maximum Gasteiger partial charge on any atom is 0.0897 e. The van der Waals surface area contributed by atoms with Crippen molar-refractivity contribution in [2.45, 2.75) is 26.8 Å². The SMILES string of the molecule is Cc1ncc(CN2CCN(CC3(C)CCNC3)CC2)s1.Cl. The standard InChI is InChI=1S/C15H26N4S.ClH/c1-13-17-9-14(20-13)10-18-5-7-19(8-6-18)12-15(2)3-4-16-11-15;/h9,16H,3-8,10-12H2,1-2H3;1H. The molecular weight excluding hydrogens is 304 g/mol. The molecule has 6 heteroatoms. The quantitative estimate of drug-likeness (QED) is 0.915. The lowest BCUT2D eigenvalue weighted by Crippen LogP contribution is -2.49. The summed E-state index contributed by atoms with van der Waals surface area (Å²) in [6.07, 6.45) is 3.37. The number of piperazine rings is 1. The Kier molecular flexibility index (Phi) is 6.03. The normalized spacial score (nSPS) is 27.7. The number of thiazole rings is 1. The molecule has 0 aromatic carbocycles. The number of rotatable bonds is 4. The molecule has 2 saturated heterocycles. The lowest BCUT2D eigenvalue weighted by atomic mass is 9.89. The molecule has 3 rings (SSSR count). The summed E-state index contributed by atoms with van der Waals surface area (Å²) < 4.78 is 0. The minimum Gasteiger partial charge on any atom is -0.316 e.